The van der Waals surface area contributed by atoms with Crippen LogP contribution in [0, 0.1) is 6.92 Å². The highest BCUT2D eigenvalue weighted by Gasteiger charge is 2.18. The number of hydrogen-bond acceptors (Lipinski definition) is 6. The van der Waals surface area contributed by atoms with Crippen molar-refractivity contribution in [3.8, 4) is 0 Å². The van der Waals surface area contributed by atoms with Crippen LogP contribution in [0.15, 0.2) is 6.20 Å². The molecule has 1 amide bonds. The van der Waals surface area contributed by atoms with Gasteiger partial charge in [0.1, 0.15) is 10.7 Å². The van der Waals surface area contributed by atoms with Crippen molar-refractivity contribution in [3.05, 3.63) is 17.6 Å². The molecule has 2 aromatic heterocycles. The van der Waals surface area contributed by atoms with Gasteiger partial charge in [-0.3, -0.25) is 9.48 Å². The van der Waals surface area contributed by atoms with Gasteiger partial charge in [-0.25, -0.2) is 0 Å². The lowest BCUT2D eigenvalue weighted by atomic mass is 10.3. The molecule has 2 heterocycles. The highest BCUT2D eigenvalue weighted by Crippen LogP contribution is 2.18. The van der Waals surface area contributed by atoms with Crippen LogP contribution in [0.1, 0.15) is 16.2 Å². The zero-order valence-electron chi connectivity index (χ0n) is 8.76. The Kier molecular flexibility index (Phi) is 2.57. The third kappa shape index (κ3) is 1.74. The molecule has 7 nitrogen and oxygen atoms in total. The number of nitrogen functional groups attached to an aromatic ring is 1. The summed E-state index contributed by atoms with van der Waals surface area (Å²) in [4.78, 5) is 11.9. The van der Waals surface area contributed by atoms with Crippen molar-refractivity contribution >= 4 is 28.1 Å². The minimum atomic E-state index is -0.313. The molecule has 0 saturated heterocycles. The van der Waals surface area contributed by atoms with E-state index in [1.165, 1.54) is 10.9 Å². The quantitative estimate of drug-likeness (QED) is 0.789. The Labute approximate surface area is 95.4 Å². The minimum absolute atomic E-state index is 0.313. The summed E-state index contributed by atoms with van der Waals surface area (Å²) in [6, 6.07) is 0. The Morgan fingerprint density at radius 1 is 1.62 bits per heavy atom. The summed E-state index contributed by atoms with van der Waals surface area (Å²) in [5.74, 6) is -0.313. The number of carbonyl (C=O) groups excluding carboxylic acids is 1. The Hall–Kier alpha value is -1.96. The molecule has 0 aliphatic rings. The topological polar surface area (TPSA) is 98.7 Å². The molecular weight excluding hydrogens is 228 g/mol. The van der Waals surface area contributed by atoms with E-state index < -0.39 is 0 Å². The molecule has 2 rings (SSSR count). The monoisotopic (exact) mass is 238 g/mol. The Balaban J connectivity index is 2.27. The van der Waals surface area contributed by atoms with Crippen LogP contribution in [0.5, 0.6) is 0 Å². The fraction of sp³-hybridized carbons (Fsp3) is 0.250. The lowest BCUT2D eigenvalue weighted by molar-refractivity contribution is 0.101. The van der Waals surface area contributed by atoms with Crippen LogP contribution in [0.4, 0.5) is 10.7 Å². The zero-order valence-corrected chi connectivity index (χ0v) is 9.58. The number of rotatable bonds is 2. The van der Waals surface area contributed by atoms with Crippen LogP contribution in [-0.2, 0) is 7.05 Å². The third-order valence-corrected chi connectivity index (χ3v) is 2.66. The van der Waals surface area contributed by atoms with Crippen LogP contribution in [0.2, 0.25) is 0 Å². The number of carbonyl (C=O) groups is 1. The molecule has 0 unspecified atom stereocenters. The molecule has 3 N–H and O–H groups in total. The number of amides is 1. The maximum absolute atomic E-state index is 11.9. The zero-order chi connectivity index (χ0) is 11.7. The molecule has 8 heteroatoms. The number of hydrogen-bond donors (Lipinski definition) is 2. The molecule has 0 atom stereocenters. The van der Waals surface area contributed by atoms with Crippen LogP contribution in [0.25, 0.3) is 0 Å². The average Bonchev–Trinajstić information content (AvgIpc) is 2.77. The molecule has 0 saturated carbocycles. The van der Waals surface area contributed by atoms with E-state index in [9.17, 15) is 4.79 Å². The normalized spacial score (nSPS) is 10.4. The standard InChI is InChI=1S/C8H10N6OS/c1-4-6(9)7(14(2)12-4)8(15)11-5-3-10-13-16-5/h3H,9H2,1-2H3,(H,11,15). The Bertz CT molecular complexity index is 517. The SMILES string of the molecule is Cc1nn(C)c(C(=O)Nc2cnns2)c1N. The van der Waals surface area contributed by atoms with E-state index >= 15 is 0 Å². The van der Waals surface area contributed by atoms with Gasteiger partial charge >= 0.3 is 0 Å². The summed E-state index contributed by atoms with van der Waals surface area (Å²) in [5, 5.41) is 10.9. The minimum Gasteiger partial charge on any atom is -0.395 e. The van der Waals surface area contributed by atoms with Crippen molar-refractivity contribution in [2.24, 2.45) is 7.05 Å². The summed E-state index contributed by atoms with van der Waals surface area (Å²) < 4.78 is 5.10. The first-order chi connectivity index (χ1) is 7.59. The van der Waals surface area contributed by atoms with Crippen molar-refractivity contribution in [3.63, 3.8) is 0 Å². The second kappa shape index (κ2) is 3.89. The summed E-state index contributed by atoms with van der Waals surface area (Å²) in [6.07, 6.45) is 1.47. The van der Waals surface area contributed by atoms with Gasteiger partial charge in [0.15, 0.2) is 0 Å². The van der Waals surface area contributed by atoms with Gasteiger partial charge in [0.25, 0.3) is 5.91 Å². The number of anilines is 2. The number of nitrogens with one attached hydrogen (secondary N) is 1. The van der Waals surface area contributed by atoms with E-state index in [1.54, 1.807) is 14.0 Å². The second-order valence-corrected chi connectivity index (χ2v) is 3.99. The largest absolute Gasteiger partial charge is 0.395 e. The molecule has 0 fully saturated rings. The van der Waals surface area contributed by atoms with Crippen molar-refractivity contribution in [2.45, 2.75) is 6.92 Å². The van der Waals surface area contributed by atoms with Gasteiger partial charge in [0.05, 0.1) is 17.6 Å². The Morgan fingerprint density at radius 2 is 2.38 bits per heavy atom. The van der Waals surface area contributed by atoms with Crippen molar-refractivity contribution < 1.29 is 4.79 Å². The van der Waals surface area contributed by atoms with Gasteiger partial charge in [0.2, 0.25) is 0 Å². The third-order valence-electron chi connectivity index (χ3n) is 2.08. The van der Waals surface area contributed by atoms with E-state index in [2.05, 4.69) is 20.0 Å². The van der Waals surface area contributed by atoms with Gasteiger partial charge in [-0.1, -0.05) is 4.49 Å². The first-order valence-corrected chi connectivity index (χ1v) is 5.24. The fourth-order valence-electron chi connectivity index (χ4n) is 1.34. The van der Waals surface area contributed by atoms with E-state index in [0.717, 1.165) is 11.5 Å². The first kappa shape index (κ1) is 10.6. The highest BCUT2D eigenvalue weighted by molar-refractivity contribution is 7.10. The summed E-state index contributed by atoms with van der Waals surface area (Å²) in [5.41, 5.74) is 7.12. The Morgan fingerprint density at radius 3 is 2.88 bits per heavy atom. The summed E-state index contributed by atoms with van der Waals surface area (Å²) in [7, 11) is 1.67. The van der Waals surface area contributed by atoms with Gasteiger partial charge in [-0.05, 0) is 6.92 Å². The molecule has 2 aromatic rings. The predicted octanol–water partition coefficient (Wildman–Crippen LogP) is 0.415. The smallest absolute Gasteiger partial charge is 0.276 e. The van der Waals surface area contributed by atoms with E-state index in [1.807, 2.05) is 0 Å². The fourth-order valence-corrected chi connectivity index (χ4v) is 1.75. The molecule has 0 spiro atoms. The van der Waals surface area contributed by atoms with Crippen LogP contribution < -0.4 is 11.1 Å². The molecule has 0 aliphatic carbocycles. The second-order valence-electron chi connectivity index (χ2n) is 3.21. The molecule has 16 heavy (non-hydrogen) atoms. The van der Waals surface area contributed by atoms with Crippen LogP contribution in [0.3, 0.4) is 0 Å². The number of nitrogens with zero attached hydrogens (tertiary/aromatic N) is 4. The molecular formula is C8H10N6OS. The van der Waals surface area contributed by atoms with Gasteiger partial charge in [-0.15, -0.1) is 5.10 Å². The lowest BCUT2D eigenvalue weighted by Gasteiger charge is -2.02. The van der Waals surface area contributed by atoms with E-state index in [-0.39, 0.29) is 5.91 Å². The van der Waals surface area contributed by atoms with Crippen molar-refractivity contribution in [1.82, 2.24) is 19.4 Å². The summed E-state index contributed by atoms with van der Waals surface area (Å²) in [6.45, 7) is 1.75. The average molecular weight is 238 g/mol. The maximum Gasteiger partial charge on any atom is 0.276 e. The summed E-state index contributed by atoms with van der Waals surface area (Å²) >= 11 is 1.10. The van der Waals surface area contributed by atoms with Gasteiger partial charge in [0, 0.05) is 18.6 Å². The molecule has 0 aliphatic heterocycles. The van der Waals surface area contributed by atoms with E-state index in [4.69, 9.17) is 5.73 Å². The van der Waals surface area contributed by atoms with Crippen LogP contribution >= 0.6 is 11.5 Å². The highest BCUT2D eigenvalue weighted by atomic mass is 32.1. The van der Waals surface area contributed by atoms with Crippen molar-refractivity contribution in [1.29, 1.82) is 0 Å². The van der Waals surface area contributed by atoms with Crippen molar-refractivity contribution in [2.75, 3.05) is 11.1 Å². The molecule has 0 radical (unpaired) electrons. The predicted molar refractivity (Wildman–Crippen MR) is 60.2 cm³/mol. The first-order valence-electron chi connectivity index (χ1n) is 4.47. The maximum atomic E-state index is 11.9. The van der Waals surface area contributed by atoms with E-state index in [0.29, 0.717) is 22.1 Å². The number of aromatic nitrogens is 4. The lowest BCUT2D eigenvalue weighted by Crippen LogP contribution is -2.17. The molecule has 84 valence electrons. The number of nitrogens with two attached hydrogens (primary N) is 1. The molecule has 0 bridgehead atoms. The van der Waals surface area contributed by atoms with Gasteiger partial charge in [-0.2, -0.15) is 5.10 Å². The van der Waals surface area contributed by atoms with Crippen LogP contribution in [-0.4, -0.2) is 25.3 Å². The molecule has 0 aromatic carbocycles. The number of aryl methyl sites for hydroxylation is 2. The van der Waals surface area contributed by atoms with Gasteiger partial charge < -0.3 is 11.1 Å².